The number of carbonyl (C=O) groups excluding carboxylic acids is 1. The van der Waals surface area contributed by atoms with Gasteiger partial charge in [-0.1, -0.05) is 84.4 Å². The first-order chi connectivity index (χ1) is 23.2. The number of halogens is 1. The summed E-state index contributed by atoms with van der Waals surface area (Å²) in [6.07, 6.45) is -1.24. The van der Waals surface area contributed by atoms with Crippen LogP contribution in [0, 0.1) is 12.7 Å². The molecule has 1 fully saturated rings. The maximum atomic E-state index is 14.3. The topological polar surface area (TPSA) is 94.2 Å². The molecule has 2 heterocycles. The zero-order valence-electron chi connectivity index (χ0n) is 27.1. The van der Waals surface area contributed by atoms with Crippen molar-refractivity contribution < 1.29 is 31.8 Å². The largest absolute Gasteiger partial charge is 0.374 e. The van der Waals surface area contributed by atoms with E-state index in [9.17, 15) is 17.6 Å². The smallest absolute Gasteiger partial charge is 0.252 e. The molecule has 0 bridgehead atoms. The summed E-state index contributed by atoms with van der Waals surface area (Å²) in [5.74, 6) is -0.609. The summed E-state index contributed by atoms with van der Waals surface area (Å²) in [6.45, 7) is 4.91. The van der Waals surface area contributed by atoms with Crippen LogP contribution in [0.3, 0.4) is 0 Å². The molecule has 4 aromatic carbocycles. The van der Waals surface area contributed by atoms with E-state index < -0.39 is 34.3 Å². The Labute approximate surface area is 281 Å². The molecule has 0 aliphatic carbocycles. The Bertz CT molecular complexity index is 1790. The van der Waals surface area contributed by atoms with E-state index in [1.54, 1.807) is 41.3 Å². The number of aryl methyl sites for hydroxylation is 1. The third kappa shape index (κ3) is 8.02. The Balaban J connectivity index is 1.21. The van der Waals surface area contributed by atoms with Crippen molar-refractivity contribution in [3.05, 3.63) is 137 Å². The van der Waals surface area contributed by atoms with E-state index >= 15 is 0 Å². The standard InChI is InChI=1S/C38H41FN2O6S/c1-26-12-18-32(19-13-26)48(43,44)40-34-22-35(46-25-36(34)47-27(2)23-45-24-28-8-4-3-5-9-28)38(42)41-21-20-29-10-6-7-11-33(29)37(41)30-14-16-31(39)17-15-30/h3-19,27,34-37,40H,20-25H2,1-2H3/t27-,34-,35+,36-,37-/m0/s1. The van der Waals surface area contributed by atoms with Gasteiger partial charge in [0.1, 0.15) is 11.9 Å². The second kappa shape index (κ2) is 15.1. The molecule has 1 saturated heterocycles. The Kier molecular flexibility index (Phi) is 10.7. The molecular formula is C38H41FN2O6S. The summed E-state index contributed by atoms with van der Waals surface area (Å²) in [4.78, 5) is 16.2. The fourth-order valence-electron chi connectivity index (χ4n) is 6.44. The summed E-state index contributed by atoms with van der Waals surface area (Å²) in [6, 6.07) is 29.4. The van der Waals surface area contributed by atoms with Crippen LogP contribution in [0.5, 0.6) is 0 Å². The van der Waals surface area contributed by atoms with Gasteiger partial charge in [-0.05, 0) is 66.8 Å². The summed E-state index contributed by atoms with van der Waals surface area (Å²) in [5, 5.41) is 0. The van der Waals surface area contributed by atoms with Crippen molar-refractivity contribution in [2.45, 2.75) is 68.6 Å². The molecule has 252 valence electrons. The van der Waals surface area contributed by atoms with E-state index in [0.29, 0.717) is 19.6 Å². The number of benzene rings is 4. The third-order valence-electron chi connectivity index (χ3n) is 8.92. The first-order valence-electron chi connectivity index (χ1n) is 16.3. The Morgan fingerprint density at radius 3 is 2.44 bits per heavy atom. The van der Waals surface area contributed by atoms with Crippen molar-refractivity contribution in [2.75, 3.05) is 19.8 Å². The highest BCUT2D eigenvalue weighted by atomic mass is 32.2. The van der Waals surface area contributed by atoms with Crippen LogP contribution < -0.4 is 4.72 Å². The van der Waals surface area contributed by atoms with Crippen LogP contribution in [-0.2, 0) is 42.1 Å². The highest BCUT2D eigenvalue weighted by molar-refractivity contribution is 7.89. The van der Waals surface area contributed by atoms with Gasteiger partial charge in [-0.25, -0.2) is 17.5 Å². The van der Waals surface area contributed by atoms with E-state index in [-0.39, 0.29) is 42.4 Å². The summed E-state index contributed by atoms with van der Waals surface area (Å²) in [7, 11) is -3.95. The minimum atomic E-state index is -3.95. The van der Waals surface area contributed by atoms with E-state index in [4.69, 9.17) is 14.2 Å². The van der Waals surface area contributed by atoms with Crippen molar-refractivity contribution in [3.8, 4) is 0 Å². The Morgan fingerprint density at radius 1 is 0.979 bits per heavy atom. The molecule has 10 heteroatoms. The molecule has 0 radical (unpaired) electrons. The molecule has 0 unspecified atom stereocenters. The molecule has 48 heavy (non-hydrogen) atoms. The van der Waals surface area contributed by atoms with Crippen LogP contribution in [0.4, 0.5) is 4.39 Å². The van der Waals surface area contributed by atoms with Crippen molar-refractivity contribution in [1.29, 1.82) is 0 Å². The van der Waals surface area contributed by atoms with Crippen molar-refractivity contribution >= 4 is 15.9 Å². The number of fused-ring (bicyclic) bond motifs is 1. The number of ether oxygens (including phenoxy) is 3. The van der Waals surface area contributed by atoms with E-state index in [1.165, 1.54) is 12.1 Å². The molecule has 6 rings (SSSR count). The van der Waals surface area contributed by atoms with E-state index in [0.717, 1.165) is 27.8 Å². The third-order valence-corrected chi connectivity index (χ3v) is 10.4. The van der Waals surface area contributed by atoms with Gasteiger partial charge in [0.2, 0.25) is 10.0 Å². The fourth-order valence-corrected chi connectivity index (χ4v) is 7.72. The van der Waals surface area contributed by atoms with Crippen LogP contribution in [0.25, 0.3) is 0 Å². The average Bonchev–Trinajstić information content (AvgIpc) is 3.09. The number of hydrogen-bond donors (Lipinski definition) is 1. The number of nitrogens with zero attached hydrogens (tertiary/aromatic N) is 1. The van der Waals surface area contributed by atoms with E-state index in [2.05, 4.69) is 4.72 Å². The quantitative estimate of drug-likeness (QED) is 0.219. The van der Waals surface area contributed by atoms with Crippen molar-refractivity contribution in [1.82, 2.24) is 9.62 Å². The minimum absolute atomic E-state index is 0.00611. The van der Waals surface area contributed by atoms with Crippen LogP contribution in [0.15, 0.2) is 108 Å². The lowest BCUT2D eigenvalue weighted by molar-refractivity contribution is -0.164. The first kappa shape index (κ1) is 34.0. The number of nitrogens with one attached hydrogen (secondary N) is 1. The molecule has 8 nitrogen and oxygen atoms in total. The van der Waals surface area contributed by atoms with Gasteiger partial charge in [0, 0.05) is 13.0 Å². The van der Waals surface area contributed by atoms with Gasteiger partial charge in [-0.15, -0.1) is 0 Å². The lowest BCUT2D eigenvalue weighted by Gasteiger charge is -2.42. The van der Waals surface area contributed by atoms with Gasteiger partial charge < -0.3 is 19.1 Å². The number of carbonyl (C=O) groups is 1. The van der Waals surface area contributed by atoms with Crippen LogP contribution in [-0.4, -0.2) is 63.3 Å². The molecular weight excluding hydrogens is 631 g/mol. The first-order valence-corrected chi connectivity index (χ1v) is 17.8. The van der Waals surface area contributed by atoms with Crippen molar-refractivity contribution in [2.24, 2.45) is 0 Å². The van der Waals surface area contributed by atoms with Gasteiger partial charge in [0.15, 0.2) is 0 Å². The number of hydrogen-bond acceptors (Lipinski definition) is 6. The SMILES string of the molecule is Cc1ccc(S(=O)(=O)N[C@H]2C[C@H](C(=O)N3CCc4ccccc4[C@@H]3c3ccc(F)cc3)OC[C@@H]2O[C@@H](C)COCc2ccccc2)cc1. The molecule has 1 amide bonds. The molecule has 5 atom stereocenters. The Hall–Kier alpha value is -3.93. The average molecular weight is 673 g/mol. The van der Waals surface area contributed by atoms with E-state index in [1.807, 2.05) is 68.4 Å². The monoisotopic (exact) mass is 672 g/mol. The van der Waals surface area contributed by atoms with Gasteiger partial charge >= 0.3 is 0 Å². The van der Waals surface area contributed by atoms with Crippen LogP contribution in [0.2, 0.25) is 0 Å². The normalized spacial score (nSPS) is 21.8. The maximum absolute atomic E-state index is 14.3. The summed E-state index contributed by atoms with van der Waals surface area (Å²) >= 11 is 0. The van der Waals surface area contributed by atoms with Gasteiger partial charge in [-0.3, -0.25) is 4.79 Å². The number of sulfonamides is 1. The Morgan fingerprint density at radius 2 is 1.69 bits per heavy atom. The lowest BCUT2D eigenvalue weighted by Crippen LogP contribution is -2.57. The molecule has 1 N–H and O–H groups in total. The van der Waals surface area contributed by atoms with Gasteiger partial charge in [0.05, 0.1) is 49.0 Å². The molecule has 0 spiro atoms. The zero-order valence-corrected chi connectivity index (χ0v) is 27.9. The summed E-state index contributed by atoms with van der Waals surface area (Å²) < 4.78 is 62.3. The molecule has 0 saturated carbocycles. The van der Waals surface area contributed by atoms with Crippen LogP contribution >= 0.6 is 0 Å². The molecule has 2 aliphatic heterocycles. The predicted octanol–water partition coefficient (Wildman–Crippen LogP) is 5.73. The van der Waals surface area contributed by atoms with Crippen molar-refractivity contribution in [3.63, 3.8) is 0 Å². The summed E-state index contributed by atoms with van der Waals surface area (Å²) in [5.41, 5.74) is 4.86. The maximum Gasteiger partial charge on any atom is 0.252 e. The zero-order chi connectivity index (χ0) is 33.7. The molecule has 2 aliphatic rings. The number of rotatable bonds is 11. The van der Waals surface area contributed by atoms with Gasteiger partial charge in [-0.2, -0.15) is 0 Å². The van der Waals surface area contributed by atoms with Crippen LogP contribution in [0.1, 0.15) is 47.2 Å². The second-order valence-electron chi connectivity index (χ2n) is 12.5. The second-order valence-corrected chi connectivity index (χ2v) is 14.2. The highest BCUT2D eigenvalue weighted by Crippen LogP contribution is 2.37. The molecule has 0 aromatic heterocycles. The molecule has 4 aromatic rings. The number of amides is 1. The predicted molar refractivity (Wildman–Crippen MR) is 180 cm³/mol. The minimum Gasteiger partial charge on any atom is -0.374 e. The highest BCUT2D eigenvalue weighted by Gasteiger charge is 2.42. The fraction of sp³-hybridized carbons (Fsp3) is 0.342. The van der Waals surface area contributed by atoms with Gasteiger partial charge in [0.25, 0.3) is 5.91 Å². The lowest BCUT2D eigenvalue weighted by atomic mass is 9.87.